The molecule has 1 amide bonds. The molecular weight excluding hydrogens is 352 g/mol. The first-order chi connectivity index (χ1) is 13.6. The van der Waals surface area contributed by atoms with Crippen molar-refractivity contribution in [2.75, 3.05) is 5.32 Å². The number of aryl methyl sites for hydroxylation is 1. The first-order valence-corrected chi connectivity index (χ1v) is 9.56. The van der Waals surface area contributed by atoms with Crippen molar-refractivity contribution in [2.24, 2.45) is 5.92 Å². The highest BCUT2D eigenvalue weighted by Crippen LogP contribution is 2.33. The fraction of sp³-hybridized carbons (Fsp3) is 0.217. The standard InChI is InChI=1S/C23H20N2O3/c1-13-5-8-19-18(11-13)16-3-2-4-17(22(16)25-19)23(27)24-15-7-9-20-14(12-15)6-10-21(26)28-20/h2-4,6-7,9-10,12-13,25H,5,8,11H2,1H3,(H,24,27). The van der Waals surface area contributed by atoms with Crippen LogP contribution >= 0.6 is 0 Å². The van der Waals surface area contributed by atoms with E-state index in [2.05, 4.69) is 23.3 Å². The van der Waals surface area contributed by atoms with Gasteiger partial charge in [0.1, 0.15) is 5.58 Å². The monoisotopic (exact) mass is 372 g/mol. The molecule has 0 saturated carbocycles. The molecular formula is C23H20N2O3. The second-order valence-electron chi connectivity index (χ2n) is 7.62. The lowest BCUT2D eigenvalue weighted by molar-refractivity contribution is 0.102. The average molecular weight is 372 g/mol. The maximum atomic E-state index is 13.0. The Morgan fingerprint density at radius 2 is 2.07 bits per heavy atom. The van der Waals surface area contributed by atoms with Gasteiger partial charge in [0, 0.05) is 28.2 Å². The van der Waals surface area contributed by atoms with Gasteiger partial charge in [-0.3, -0.25) is 4.79 Å². The highest BCUT2D eigenvalue weighted by Gasteiger charge is 2.22. The molecule has 1 aliphatic carbocycles. The van der Waals surface area contributed by atoms with E-state index in [1.807, 2.05) is 12.1 Å². The lowest BCUT2D eigenvalue weighted by Crippen LogP contribution is -2.12. The summed E-state index contributed by atoms with van der Waals surface area (Å²) in [6.07, 6.45) is 3.26. The zero-order valence-corrected chi connectivity index (χ0v) is 15.5. The van der Waals surface area contributed by atoms with Crippen molar-refractivity contribution in [1.82, 2.24) is 4.98 Å². The molecule has 2 heterocycles. The van der Waals surface area contributed by atoms with Gasteiger partial charge >= 0.3 is 5.63 Å². The van der Waals surface area contributed by atoms with Crippen molar-refractivity contribution in [2.45, 2.75) is 26.2 Å². The van der Waals surface area contributed by atoms with Gasteiger partial charge in [0.05, 0.1) is 11.1 Å². The Balaban J connectivity index is 1.51. The van der Waals surface area contributed by atoms with Gasteiger partial charge in [-0.25, -0.2) is 4.79 Å². The second kappa shape index (κ2) is 6.37. The Hall–Kier alpha value is -3.34. The van der Waals surface area contributed by atoms with Crippen LogP contribution in [0.1, 0.15) is 35.0 Å². The molecule has 5 heteroatoms. The summed E-state index contributed by atoms with van der Waals surface area (Å²) in [7, 11) is 0. The van der Waals surface area contributed by atoms with Crippen molar-refractivity contribution in [3.8, 4) is 0 Å². The van der Waals surface area contributed by atoms with E-state index in [1.54, 1.807) is 24.3 Å². The van der Waals surface area contributed by atoms with Crippen molar-refractivity contribution in [3.05, 3.63) is 75.8 Å². The Kier molecular flexibility index (Phi) is 3.83. The summed E-state index contributed by atoms with van der Waals surface area (Å²) in [5.41, 5.74) is 4.93. The molecule has 5 rings (SSSR count). The quantitative estimate of drug-likeness (QED) is 0.503. The topological polar surface area (TPSA) is 75.1 Å². The number of amides is 1. The third-order valence-electron chi connectivity index (χ3n) is 5.59. The molecule has 2 aromatic heterocycles. The molecule has 0 bridgehead atoms. The average Bonchev–Trinajstić information content (AvgIpc) is 3.06. The van der Waals surface area contributed by atoms with Crippen LogP contribution in [0.4, 0.5) is 5.69 Å². The van der Waals surface area contributed by atoms with Crippen LogP contribution in [-0.4, -0.2) is 10.9 Å². The number of hydrogen-bond donors (Lipinski definition) is 2. The molecule has 0 aliphatic heterocycles. The number of H-pyrrole nitrogens is 1. The number of carbonyl (C=O) groups is 1. The van der Waals surface area contributed by atoms with Crippen molar-refractivity contribution in [1.29, 1.82) is 0 Å². The fourth-order valence-electron chi connectivity index (χ4n) is 4.15. The molecule has 1 atom stereocenters. The minimum absolute atomic E-state index is 0.158. The van der Waals surface area contributed by atoms with E-state index in [9.17, 15) is 9.59 Å². The highest BCUT2D eigenvalue weighted by atomic mass is 16.4. The molecule has 1 unspecified atom stereocenters. The van der Waals surface area contributed by atoms with Crippen LogP contribution in [0.25, 0.3) is 21.9 Å². The van der Waals surface area contributed by atoms with Gasteiger partial charge in [-0.2, -0.15) is 0 Å². The van der Waals surface area contributed by atoms with E-state index in [1.165, 1.54) is 23.7 Å². The smallest absolute Gasteiger partial charge is 0.336 e. The van der Waals surface area contributed by atoms with Crippen LogP contribution in [0.2, 0.25) is 0 Å². The van der Waals surface area contributed by atoms with E-state index < -0.39 is 0 Å². The zero-order valence-electron chi connectivity index (χ0n) is 15.5. The molecule has 28 heavy (non-hydrogen) atoms. The Bertz CT molecular complexity index is 1280. The molecule has 2 aromatic carbocycles. The molecule has 140 valence electrons. The minimum atomic E-state index is -0.388. The van der Waals surface area contributed by atoms with E-state index in [4.69, 9.17) is 4.42 Å². The third kappa shape index (κ3) is 2.80. The number of carbonyl (C=O) groups excluding carboxylic acids is 1. The lowest BCUT2D eigenvalue weighted by atomic mass is 9.87. The van der Waals surface area contributed by atoms with Gasteiger partial charge in [-0.15, -0.1) is 0 Å². The van der Waals surface area contributed by atoms with Gasteiger partial charge in [-0.05, 0) is 61.1 Å². The van der Waals surface area contributed by atoms with Crippen LogP contribution < -0.4 is 10.9 Å². The van der Waals surface area contributed by atoms with Crippen molar-refractivity contribution >= 4 is 33.5 Å². The predicted molar refractivity (Wildman–Crippen MR) is 110 cm³/mol. The number of nitrogens with one attached hydrogen (secondary N) is 2. The lowest BCUT2D eigenvalue weighted by Gasteiger charge is -2.17. The summed E-state index contributed by atoms with van der Waals surface area (Å²) in [6.45, 7) is 2.28. The maximum Gasteiger partial charge on any atom is 0.336 e. The first-order valence-electron chi connectivity index (χ1n) is 9.56. The number of aromatic amines is 1. The zero-order chi connectivity index (χ0) is 19.3. The number of para-hydroxylation sites is 1. The molecule has 0 saturated heterocycles. The number of fused-ring (bicyclic) bond motifs is 4. The Morgan fingerprint density at radius 1 is 1.18 bits per heavy atom. The summed E-state index contributed by atoms with van der Waals surface area (Å²) in [5, 5.41) is 4.88. The normalized spacial score (nSPS) is 16.2. The van der Waals surface area contributed by atoms with Crippen LogP contribution in [0, 0.1) is 5.92 Å². The largest absolute Gasteiger partial charge is 0.423 e. The Morgan fingerprint density at radius 3 is 2.96 bits per heavy atom. The van der Waals surface area contributed by atoms with Gasteiger partial charge in [-0.1, -0.05) is 19.1 Å². The fourth-order valence-corrected chi connectivity index (χ4v) is 4.15. The van der Waals surface area contributed by atoms with Crippen molar-refractivity contribution in [3.63, 3.8) is 0 Å². The molecule has 0 radical (unpaired) electrons. The predicted octanol–water partition coefficient (Wildman–Crippen LogP) is 4.65. The summed E-state index contributed by atoms with van der Waals surface area (Å²) in [6, 6.07) is 14.2. The van der Waals surface area contributed by atoms with E-state index >= 15 is 0 Å². The molecule has 0 spiro atoms. The van der Waals surface area contributed by atoms with Gasteiger partial charge in [0.25, 0.3) is 5.91 Å². The summed E-state index contributed by atoms with van der Waals surface area (Å²) in [5.74, 6) is 0.510. The highest BCUT2D eigenvalue weighted by molar-refractivity contribution is 6.13. The summed E-state index contributed by atoms with van der Waals surface area (Å²) < 4.78 is 5.15. The molecule has 1 aliphatic rings. The molecule has 0 fully saturated rings. The molecule has 5 nitrogen and oxygen atoms in total. The Labute approximate surface area is 161 Å². The minimum Gasteiger partial charge on any atom is -0.423 e. The number of aromatic nitrogens is 1. The van der Waals surface area contributed by atoms with E-state index in [0.29, 0.717) is 22.8 Å². The van der Waals surface area contributed by atoms with Crippen molar-refractivity contribution < 1.29 is 9.21 Å². The first kappa shape index (κ1) is 16.8. The molecule has 2 N–H and O–H groups in total. The number of anilines is 1. The van der Waals surface area contributed by atoms with E-state index in [-0.39, 0.29) is 11.5 Å². The van der Waals surface area contributed by atoms with Gasteiger partial charge in [0.15, 0.2) is 0 Å². The van der Waals surface area contributed by atoms with E-state index in [0.717, 1.165) is 29.1 Å². The number of hydrogen-bond acceptors (Lipinski definition) is 3. The number of benzene rings is 2. The van der Waals surface area contributed by atoms with Crippen LogP contribution in [0.15, 0.2) is 57.7 Å². The second-order valence-corrected chi connectivity index (χ2v) is 7.62. The number of rotatable bonds is 2. The van der Waals surface area contributed by atoms with Gasteiger partial charge < -0.3 is 14.7 Å². The maximum absolute atomic E-state index is 13.0. The third-order valence-corrected chi connectivity index (χ3v) is 5.59. The van der Waals surface area contributed by atoms with Crippen LogP contribution in [0.3, 0.4) is 0 Å². The summed E-state index contributed by atoms with van der Waals surface area (Å²) in [4.78, 5) is 27.8. The van der Waals surface area contributed by atoms with Gasteiger partial charge in [0.2, 0.25) is 0 Å². The summed E-state index contributed by atoms with van der Waals surface area (Å²) >= 11 is 0. The van der Waals surface area contributed by atoms with Crippen LogP contribution in [-0.2, 0) is 12.8 Å². The van der Waals surface area contributed by atoms with Crippen LogP contribution in [0.5, 0.6) is 0 Å². The SMILES string of the molecule is CC1CCc2[nH]c3c(C(=O)Nc4ccc5oc(=O)ccc5c4)cccc3c2C1. The molecule has 4 aromatic rings.